The van der Waals surface area contributed by atoms with Crippen LogP contribution in [-0.2, 0) is 4.79 Å². The zero-order chi connectivity index (χ0) is 21.5. The number of hydrogen-bond acceptors (Lipinski definition) is 3. The molecule has 0 radical (unpaired) electrons. The average Bonchev–Trinajstić information content (AvgIpc) is 2.79. The summed E-state index contributed by atoms with van der Waals surface area (Å²) in [7, 11) is 0. The van der Waals surface area contributed by atoms with Crippen molar-refractivity contribution in [2.45, 2.75) is 45.7 Å². The molecule has 3 rings (SSSR count). The number of quaternary nitrogens is 1. The summed E-state index contributed by atoms with van der Waals surface area (Å²) >= 11 is 0. The molecule has 1 fully saturated rings. The predicted octanol–water partition coefficient (Wildman–Crippen LogP) is 2.64. The average molecular weight is 409 g/mol. The molecule has 1 aliphatic rings. The lowest BCUT2D eigenvalue weighted by molar-refractivity contribution is -0.914. The summed E-state index contributed by atoms with van der Waals surface area (Å²) in [6.45, 7) is 9.44. The Morgan fingerprint density at radius 3 is 2.23 bits per heavy atom. The molecule has 0 aromatic heterocycles. The van der Waals surface area contributed by atoms with Gasteiger partial charge < -0.3 is 15.1 Å². The van der Waals surface area contributed by atoms with Crippen LogP contribution >= 0.6 is 0 Å². The second kappa shape index (κ2) is 10.4. The Morgan fingerprint density at radius 1 is 1.03 bits per heavy atom. The van der Waals surface area contributed by atoms with Crippen LogP contribution in [0.15, 0.2) is 54.6 Å². The number of hydrogen-bond donors (Lipinski definition) is 2. The molecule has 30 heavy (non-hydrogen) atoms. The van der Waals surface area contributed by atoms with Crippen LogP contribution in [0.25, 0.3) is 0 Å². The Hall–Kier alpha value is -2.66. The van der Waals surface area contributed by atoms with E-state index in [1.165, 1.54) is 10.5 Å². The number of piperazine rings is 1. The number of benzene rings is 2. The van der Waals surface area contributed by atoms with E-state index in [4.69, 9.17) is 0 Å². The monoisotopic (exact) mass is 408 g/mol. The molecule has 0 aliphatic carbocycles. The molecule has 0 saturated carbocycles. The number of anilines is 1. The fourth-order valence-electron chi connectivity index (χ4n) is 4.17. The van der Waals surface area contributed by atoms with Crippen LogP contribution < -0.4 is 15.1 Å². The lowest BCUT2D eigenvalue weighted by Gasteiger charge is -2.36. The molecule has 1 saturated heterocycles. The molecule has 2 aromatic carbocycles. The maximum atomic E-state index is 13.0. The number of rotatable bonds is 8. The normalized spacial score (nSPS) is 16.7. The number of amides is 1. The third-order valence-electron chi connectivity index (χ3n) is 6.15. The van der Waals surface area contributed by atoms with E-state index in [2.05, 4.69) is 29.3 Å². The van der Waals surface area contributed by atoms with Gasteiger partial charge in [-0.25, -0.2) is 0 Å². The molecule has 5 nitrogen and oxygen atoms in total. The molecule has 2 atom stereocenters. The van der Waals surface area contributed by atoms with Crippen LogP contribution in [0.4, 0.5) is 5.69 Å². The van der Waals surface area contributed by atoms with Crippen molar-refractivity contribution in [3.63, 3.8) is 0 Å². The zero-order valence-corrected chi connectivity index (χ0v) is 18.4. The Morgan fingerprint density at radius 2 is 1.67 bits per heavy atom. The highest BCUT2D eigenvalue weighted by atomic mass is 16.2. The van der Waals surface area contributed by atoms with Gasteiger partial charge in [-0.05, 0) is 50.1 Å². The van der Waals surface area contributed by atoms with Crippen LogP contribution in [0.1, 0.15) is 55.6 Å². The first-order chi connectivity index (χ1) is 14.5. The van der Waals surface area contributed by atoms with Gasteiger partial charge in [-0.15, -0.1) is 0 Å². The quantitative estimate of drug-likeness (QED) is 0.661. The van der Waals surface area contributed by atoms with Gasteiger partial charge in [-0.3, -0.25) is 9.59 Å². The lowest BCUT2D eigenvalue weighted by atomic mass is 10.0. The van der Waals surface area contributed by atoms with Crippen molar-refractivity contribution in [3.05, 3.63) is 65.7 Å². The van der Waals surface area contributed by atoms with Crippen molar-refractivity contribution in [1.82, 2.24) is 5.32 Å². The van der Waals surface area contributed by atoms with E-state index in [1.54, 1.807) is 6.92 Å². The van der Waals surface area contributed by atoms with Crippen LogP contribution in [0, 0.1) is 0 Å². The van der Waals surface area contributed by atoms with Gasteiger partial charge in [0, 0.05) is 11.3 Å². The molecule has 0 spiro atoms. The van der Waals surface area contributed by atoms with Crippen molar-refractivity contribution < 1.29 is 14.5 Å². The van der Waals surface area contributed by atoms with Gasteiger partial charge in [0.2, 0.25) is 0 Å². The lowest BCUT2D eigenvalue weighted by Crippen LogP contribution is -3.19. The second-order valence-corrected chi connectivity index (χ2v) is 8.23. The molecule has 5 heteroatoms. The fraction of sp³-hybridized carbons (Fsp3) is 0.440. The van der Waals surface area contributed by atoms with Crippen molar-refractivity contribution in [2.24, 2.45) is 0 Å². The topological polar surface area (TPSA) is 53.9 Å². The summed E-state index contributed by atoms with van der Waals surface area (Å²) in [5, 5.41) is 3.29. The molecular formula is C25H34N3O2+. The van der Waals surface area contributed by atoms with Crippen LogP contribution in [0.2, 0.25) is 0 Å². The Balaban J connectivity index is 1.55. The molecule has 1 heterocycles. The first-order valence-corrected chi connectivity index (χ1v) is 11.1. The van der Waals surface area contributed by atoms with Gasteiger partial charge in [0.1, 0.15) is 0 Å². The second-order valence-electron chi connectivity index (χ2n) is 8.23. The van der Waals surface area contributed by atoms with Gasteiger partial charge >= 0.3 is 0 Å². The van der Waals surface area contributed by atoms with E-state index in [0.29, 0.717) is 0 Å². The third kappa shape index (κ3) is 5.48. The van der Waals surface area contributed by atoms with E-state index in [0.717, 1.165) is 50.3 Å². The van der Waals surface area contributed by atoms with Gasteiger partial charge in [-0.1, -0.05) is 43.7 Å². The number of nitrogens with zero attached hydrogens (tertiary/aromatic N) is 1. The maximum Gasteiger partial charge on any atom is 0.278 e. The van der Waals surface area contributed by atoms with Gasteiger partial charge in [0.05, 0.1) is 32.2 Å². The van der Waals surface area contributed by atoms with Crippen LogP contribution in [0.3, 0.4) is 0 Å². The number of carbonyl (C=O) groups is 2. The molecule has 0 bridgehead atoms. The van der Waals surface area contributed by atoms with Crippen molar-refractivity contribution in [3.8, 4) is 0 Å². The van der Waals surface area contributed by atoms with E-state index < -0.39 is 0 Å². The van der Waals surface area contributed by atoms with Crippen molar-refractivity contribution in [1.29, 1.82) is 0 Å². The molecule has 0 unspecified atom stereocenters. The molecule has 2 N–H and O–H groups in total. The first kappa shape index (κ1) is 22.0. The summed E-state index contributed by atoms with van der Waals surface area (Å²) in [4.78, 5) is 28.1. The maximum absolute atomic E-state index is 13.0. The molecular weight excluding hydrogens is 374 g/mol. The largest absolute Gasteiger partial charge is 0.360 e. The smallest absolute Gasteiger partial charge is 0.278 e. The molecule has 1 aliphatic heterocycles. The zero-order valence-electron chi connectivity index (χ0n) is 18.4. The summed E-state index contributed by atoms with van der Waals surface area (Å²) in [5.41, 5.74) is 3.06. The highest BCUT2D eigenvalue weighted by molar-refractivity contribution is 5.94. The Labute approximate surface area is 180 Å². The van der Waals surface area contributed by atoms with E-state index in [9.17, 15) is 9.59 Å². The molecule has 160 valence electrons. The minimum Gasteiger partial charge on any atom is -0.360 e. The van der Waals surface area contributed by atoms with E-state index >= 15 is 0 Å². The van der Waals surface area contributed by atoms with Crippen molar-refractivity contribution >= 4 is 17.4 Å². The minimum absolute atomic E-state index is 0.0738. The summed E-state index contributed by atoms with van der Waals surface area (Å²) in [6, 6.07) is 18.1. The number of nitrogens with one attached hydrogen (secondary N) is 2. The number of Topliss-reactive ketones (excluding diaryl/α,β-unsaturated/α-hetero) is 1. The Bertz CT molecular complexity index is 827. The standard InChI is InChI=1S/C25H33N3O2/c1-4-8-24(22-9-6-5-7-10-22)26-25(30)19(2)27-15-17-28(18-16-27)23-13-11-21(12-14-23)20(3)29/h5-7,9-14,19,24H,4,8,15-18H2,1-3H3,(H,26,30)/p+1/t19-,24+/m0/s1. The summed E-state index contributed by atoms with van der Waals surface area (Å²) in [6.07, 6.45) is 1.98. The number of carbonyl (C=O) groups excluding carboxylic acids is 2. The van der Waals surface area contributed by atoms with Crippen LogP contribution in [0.5, 0.6) is 0 Å². The van der Waals surface area contributed by atoms with E-state index in [-0.39, 0.29) is 23.8 Å². The summed E-state index contributed by atoms with van der Waals surface area (Å²) < 4.78 is 0. The fourth-order valence-corrected chi connectivity index (χ4v) is 4.17. The SMILES string of the molecule is CCC[C@@H](NC(=O)[C@H](C)[NH+]1CCN(c2ccc(C(C)=O)cc2)CC1)c1ccccc1. The highest BCUT2D eigenvalue weighted by Crippen LogP contribution is 2.18. The van der Waals surface area contributed by atoms with Crippen molar-refractivity contribution in [2.75, 3.05) is 31.1 Å². The van der Waals surface area contributed by atoms with Gasteiger partial charge in [0.25, 0.3) is 5.91 Å². The van der Waals surface area contributed by atoms with Crippen LogP contribution in [-0.4, -0.2) is 43.9 Å². The summed E-state index contributed by atoms with van der Waals surface area (Å²) in [5.74, 6) is 0.221. The number of ketones is 1. The highest BCUT2D eigenvalue weighted by Gasteiger charge is 2.30. The third-order valence-corrected chi connectivity index (χ3v) is 6.15. The predicted molar refractivity (Wildman–Crippen MR) is 121 cm³/mol. The van der Waals surface area contributed by atoms with Gasteiger partial charge in [-0.2, -0.15) is 0 Å². The molecule has 1 amide bonds. The van der Waals surface area contributed by atoms with E-state index in [1.807, 2.05) is 49.4 Å². The molecule has 2 aromatic rings. The Kier molecular flexibility index (Phi) is 7.63. The first-order valence-electron chi connectivity index (χ1n) is 11.1. The minimum atomic E-state index is -0.0738. The van der Waals surface area contributed by atoms with Gasteiger partial charge in [0.15, 0.2) is 11.8 Å².